The first-order valence-corrected chi connectivity index (χ1v) is 5.08. The molecule has 4 N–H and O–H groups in total. The number of anilines is 1. The van der Waals surface area contributed by atoms with Gasteiger partial charge in [0.15, 0.2) is 6.04 Å². The Morgan fingerprint density at radius 1 is 1.47 bits per heavy atom. The van der Waals surface area contributed by atoms with E-state index in [1.165, 1.54) is 6.07 Å². The van der Waals surface area contributed by atoms with Crippen molar-refractivity contribution in [1.82, 2.24) is 5.32 Å². The number of carboxylic acids is 1. The number of hydrogen-bond acceptors (Lipinski definition) is 4. The molecule has 1 rings (SSSR count). The van der Waals surface area contributed by atoms with Gasteiger partial charge in [-0.15, -0.1) is 0 Å². The van der Waals surface area contributed by atoms with Crippen molar-refractivity contribution in [2.24, 2.45) is 0 Å². The Morgan fingerprint density at radius 2 is 2.16 bits per heavy atom. The summed E-state index contributed by atoms with van der Waals surface area (Å²) in [5.41, 5.74) is -0.0745. The van der Waals surface area contributed by atoms with E-state index in [1.807, 2.05) is 5.32 Å². The summed E-state index contributed by atoms with van der Waals surface area (Å²) in [6, 6.07) is 2.43. The number of urea groups is 1. The first-order chi connectivity index (χ1) is 8.97. The second-order valence-corrected chi connectivity index (χ2v) is 3.47. The molecule has 0 radical (unpaired) electrons. The zero-order chi connectivity index (χ0) is 14.4. The third-order valence-electron chi connectivity index (χ3n) is 2.14. The van der Waals surface area contributed by atoms with Gasteiger partial charge in [0, 0.05) is 0 Å². The molecular weight excluding hydrogens is 257 g/mol. The predicted octanol–water partition coefficient (Wildman–Crippen LogP) is 0.264. The van der Waals surface area contributed by atoms with Gasteiger partial charge in [0.1, 0.15) is 11.9 Å². The number of hydrogen-bond donors (Lipinski definition) is 4. The molecule has 0 unspecified atom stereocenters. The highest BCUT2D eigenvalue weighted by Gasteiger charge is 2.19. The zero-order valence-corrected chi connectivity index (χ0v) is 9.55. The van der Waals surface area contributed by atoms with E-state index in [1.54, 1.807) is 6.07 Å². The molecule has 7 nitrogen and oxygen atoms in total. The van der Waals surface area contributed by atoms with Crippen molar-refractivity contribution >= 4 is 17.7 Å². The SMILES string of the molecule is N#Cc1cc(F)ccc1NC(=O)N[C@@H](CO)C(=O)O. The Morgan fingerprint density at radius 3 is 2.68 bits per heavy atom. The van der Waals surface area contributed by atoms with Crippen LogP contribution in [-0.4, -0.2) is 34.9 Å². The van der Waals surface area contributed by atoms with Crippen molar-refractivity contribution < 1.29 is 24.2 Å². The summed E-state index contributed by atoms with van der Waals surface area (Å²) in [5.74, 6) is -2.04. The lowest BCUT2D eigenvalue weighted by Gasteiger charge is -2.13. The van der Waals surface area contributed by atoms with Crippen LogP contribution in [0.2, 0.25) is 0 Å². The van der Waals surface area contributed by atoms with E-state index >= 15 is 0 Å². The molecule has 8 heteroatoms. The average molecular weight is 267 g/mol. The van der Waals surface area contributed by atoms with E-state index < -0.39 is 30.5 Å². The summed E-state index contributed by atoms with van der Waals surface area (Å²) in [6.07, 6.45) is 0. The number of aliphatic hydroxyl groups excluding tert-OH is 1. The Balaban J connectivity index is 2.78. The summed E-state index contributed by atoms with van der Waals surface area (Å²) < 4.78 is 12.9. The van der Waals surface area contributed by atoms with Crippen molar-refractivity contribution in [3.05, 3.63) is 29.6 Å². The van der Waals surface area contributed by atoms with Crippen LogP contribution in [0.4, 0.5) is 14.9 Å². The van der Waals surface area contributed by atoms with Gasteiger partial charge in [-0.3, -0.25) is 0 Å². The molecule has 1 aromatic rings. The van der Waals surface area contributed by atoms with Gasteiger partial charge in [-0.05, 0) is 18.2 Å². The number of rotatable bonds is 4. The molecule has 0 heterocycles. The number of carbonyl (C=O) groups excluding carboxylic acids is 1. The molecule has 100 valence electrons. The Kier molecular flexibility index (Phi) is 4.79. The lowest BCUT2D eigenvalue weighted by Crippen LogP contribution is -2.45. The molecule has 0 saturated carbocycles. The smallest absolute Gasteiger partial charge is 0.328 e. The Labute approximate surface area is 107 Å². The Bertz CT molecular complexity index is 541. The number of carboxylic acid groups (broad SMARTS) is 1. The van der Waals surface area contributed by atoms with Crippen molar-refractivity contribution in [1.29, 1.82) is 5.26 Å². The van der Waals surface area contributed by atoms with Gasteiger partial charge >= 0.3 is 12.0 Å². The molecule has 0 fully saturated rings. The van der Waals surface area contributed by atoms with Crippen LogP contribution in [0.15, 0.2) is 18.2 Å². The molecule has 0 aliphatic carbocycles. The fourth-order valence-electron chi connectivity index (χ4n) is 1.22. The Hall–Kier alpha value is -2.66. The number of nitrogens with zero attached hydrogens (tertiary/aromatic N) is 1. The molecule has 0 aromatic heterocycles. The third-order valence-corrected chi connectivity index (χ3v) is 2.14. The minimum absolute atomic E-state index is 0.0310. The number of aliphatic hydroxyl groups is 1. The summed E-state index contributed by atoms with van der Waals surface area (Å²) in [6.45, 7) is -0.780. The number of benzene rings is 1. The van der Waals surface area contributed by atoms with Crippen LogP contribution in [0, 0.1) is 17.1 Å². The fraction of sp³-hybridized carbons (Fsp3) is 0.182. The number of carbonyl (C=O) groups is 2. The first kappa shape index (κ1) is 14.4. The van der Waals surface area contributed by atoms with E-state index in [0.29, 0.717) is 0 Å². The lowest BCUT2D eigenvalue weighted by molar-refractivity contribution is -0.140. The van der Waals surface area contributed by atoms with Gasteiger partial charge in [-0.25, -0.2) is 14.0 Å². The molecule has 0 bridgehead atoms. The highest BCUT2D eigenvalue weighted by Crippen LogP contribution is 2.15. The van der Waals surface area contributed by atoms with Gasteiger partial charge in [-0.1, -0.05) is 0 Å². The highest BCUT2D eigenvalue weighted by atomic mass is 19.1. The molecule has 19 heavy (non-hydrogen) atoms. The maximum Gasteiger partial charge on any atom is 0.328 e. The van der Waals surface area contributed by atoms with Gasteiger partial charge in [0.25, 0.3) is 0 Å². The minimum Gasteiger partial charge on any atom is -0.480 e. The van der Waals surface area contributed by atoms with Gasteiger partial charge in [0.05, 0.1) is 17.9 Å². The highest BCUT2D eigenvalue weighted by molar-refractivity contribution is 5.93. The molecule has 1 aromatic carbocycles. The molecule has 1 atom stereocenters. The van der Waals surface area contributed by atoms with Crippen molar-refractivity contribution in [2.75, 3.05) is 11.9 Å². The lowest BCUT2D eigenvalue weighted by atomic mass is 10.2. The molecule has 0 aliphatic heterocycles. The van der Waals surface area contributed by atoms with Crippen LogP contribution < -0.4 is 10.6 Å². The van der Waals surface area contributed by atoms with Gasteiger partial charge < -0.3 is 20.8 Å². The summed E-state index contributed by atoms with van der Waals surface area (Å²) >= 11 is 0. The third kappa shape index (κ3) is 3.93. The summed E-state index contributed by atoms with van der Waals surface area (Å²) in [7, 11) is 0. The minimum atomic E-state index is -1.47. The molecular formula is C11H10FN3O4. The maximum absolute atomic E-state index is 12.9. The molecule has 0 saturated heterocycles. The quantitative estimate of drug-likeness (QED) is 0.623. The molecule has 2 amide bonds. The van der Waals surface area contributed by atoms with Crippen molar-refractivity contribution in [2.45, 2.75) is 6.04 Å². The van der Waals surface area contributed by atoms with E-state index in [4.69, 9.17) is 15.5 Å². The number of nitrogens with one attached hydrogen (secondary N) is 2. The standard InChI is InChI=1S/C11H10FN3O4/c12-7-1-2-8(6(3-7)4-13)14-11(19)15-9(5-16)10(17)18/h1-3,9,16H,5H2,(H,17,18)(H2,14,15,19)/t9-/m0/s1. The van der Waals surface area contributed by atoms with Crippen molar-refractivity contribution in [3.8, 4) is 6.07 Å². The number of halogens is 1. The predicted molar refractivity (Wildman–Crippen MR) is 61.8 cm³/mol. The van der Waals surface area contributed by atoms with Crippen LogP contribution in [0.5, 0.6) is 0 Å². The van der Waals surface area contributed by atoms with Crippen molar-refractivity contribution in [3.63, 3.8) is 0 Å². The summed E-state index contributed by atoms with van der Waals surface area (Å²) in [5, 5.41) is 30.3. The van der Waals surface area contributed by atoms with Gasteiger partial charge in [-0.2, -0.15) is 5.26 Å². The fourth-order valence-corrected chi connectivity index (χ4v) is 1.22. The first-order valence-electron chi connectivity index (χ1n) is 5.08. The zero-order valence-electron chi connectivity index (χ0n) is 9.55. The number of aliphatic carboxylic acids is 1. The largest absolute Gasteiger partial charge is 0.480 e. The van der Waals surface area contributed by atoms with Crippen LogP contribution in [0.1, 0.15) is 5.56 Å². The van der Waals surface area contributed by atoms with Crippen LogP contribution >= 0.6 is 0 Å². The van der Waals surface area contributed by atoms with Crippen LogP contribution in [0.25, 0.3) is 0 Å². The monoisotopic (exact) mass is 267 g/mol. The molecule has 0 spiro atoms. The number of nitriles is 1. The van der Waals surface area contributed by atoms with E-state index in [9.17, 15) is 14.0 Å². The maximum atomic E-state index is 12.9. The van der Waals surface area contributed by atoms with Crippen LogP contribution in [-0.2, 0) is 4.79 Å². The normalized spacial score (nSPS) is 11.2. The summed E-state index contributed by atoms with van der Waals surface area (Å²) in [4.78, 5) is 22.0. The topological polar surface area (TPSA) is 122 Å². The van der Waals surface area contributed by atoms with Gasteiger partial charge in [0.2, 0.25) is 0 Å². The second kappa shape index (κ2) is 6.32. The van der Waals surface area contributed by atoms with E-state index in [0.717, 1.165) is 12.1 Å². The molecule has 0 aliphatic rings. The van der Waals surface area contributed by atoms with E-state index in [2.05, 4.69) is 5.32 Å². The van der Waals surface area contributed by atoms with Crippen LogP contribution in [0.3, 0.4) is 0 Å². The average Bonchev–Trinajstić information content (AvgIpc) is 2.37. The second-order valence-electron chi connectivity index (χ2n) is 3.47. The van der Waals surface area contributed by atoms with E-state index in [-0.39, 0.29) is 11.3 Å². The number of amides is 2.